The lowest BCUT2D eigenvalue weighted by molar-refractivity contribution is -0.0600. The van der Waals surface area contributed by atoms with Gasteiger partial charge in [-0.1, -0.05) is 24.3 Å². The average Bonchev–Trinajstić information content (AvgIpc) is 2.46. The van der Waals surface area contributed by atoms with E-state index < -0.39 is 23.1 Å². The van der Waals surface area contributed by atoms with Crippen molar-refractivity contribution >= 4 is 10.5 Å². The molecular weight excluding hydrogens is 345 g/mol. The topological polar surface area (TPSA) is 18.5 Å². The predicted molar refractivity (Wildman–Crippen MR) is 97.9 cm³/mol. The van der Waals surface area contributed by atoms with Gasteiger partial charge in [0.1, 0.15) is 27.9 Å². The highest BCUT2D eigenvalue weighted by Gasteiger charge is 2.23. The van der Waals surface area contributed by atoms with E-state index in [4.69, 9.17) is 4.74 Å². The van der Waals surface area contributed by atoms with Gasteiger partial charge >= 0.3 is 0 Å². The van der Waals surface area contributed by atoms with Crippen LogP contribution in [-0.4, -0.2) is 23.7 Å². The molecule has 0 saturated carbocycles. The van der Waals surface area contributed by atoms with E-state index in [0.717, 1.165) is 16.0 Å². The van der Waals surface area contributed by atoms with Crippen molar-refractivity contribution in [2.45, 2.75) is 39.4 Å². The molecule has 0 unspecified atom stereocenters. The predicted octanol–water partition coefficient (Wildman–Crippen LogP) is 4.34. The number of benzene rings is 2. The molecule has 0 saturated heterocycles. The van der Waals surface area contributed by atoms with Crippen molar-refractivity contribution in [3.8, 4) is 11.1 Å². The minimum atomic E-state index is -0.929. The molecule has 0 fully saturated rings. The van der Waals surface area contributed by atoms with E-state index in [-0.39, 0.29) is 11.7 Å². The van der Waals surface area contributed by atoms with Gasteiger partial charge in [-0.15, -0.1) is 0 Å². The second-order valence-corrected chi connectivity index (χ2v) is 7.22. The Labute approximate surface area is 150 Å². The van der Waals surface area contributed by atoms with Crippen molar-refractivity contribution in [3.05, 3.63) is 59.4 Å². The maximum atomic E-state index is 13.8. The van der Waals surface area contributed by atoms with Crippen LogP contribution in [0.3, 0.4) is 0 Å². The van der Waals surface area contributed by atoms with Gasteiger partial charge in [0.15, 0.2) is 0 Å². The molecule has 0 amide bonds. The van der Waals surface area contributed by atoms with Crippen LogP contribution in [0.4, 0.5) is 13.2 Å². The molecule has 2 aromatic carbocycles. The van der Waals surface area contributed by atoms with Crippen molar-refractivity contribution < 1.29 is 22.3 Å². The first kappa shape index (κ1) is 21.4. The molecule has 0 aliphatic rings. The van der Waals surface area contributed by atoms with Crippen LogP contribution in [0, 0.1) is 17.5 Å². The van der Waals surface area contributed by atoms with E-state index in [1.54, 1.807) is 31.4 Å². The lowest BCUT2D eigenvalue weighted by Gasteiger charge is -2.28. The molecule has 0 atom stereocenters. The van der Waals surface area contributed by atoms with Crippen LogP contribution in [0.5, 0.6) is 0 Å². The van der Waals surface area contributed by atoms with Crippen LogP contribution in [0.25, 0.3) is 11.1 Å². The van der Waals surface area contributed by atoms with Crippen LogP contribution in [0.2, 0.25) is 0 Å². The maximum absolute atomic E-state index is 13.8. The van der Waals surface area contributed by atoms with E-state index in [1.807, 2.05) is 27.7 Å². The van der Waals surface area contributed by atoms with E-state index in [0.29, 0.717) is 17.7 Å². The van der Waals surface area contributed by atoms with E-state index in [9.17, 15) is 13.2 Å². The Morgan fingerprint density at radius 3 is 1.80 bits per heavy atom. The van der Waals surface area contributed by atoms with Crippen LogP contribution in [0.15, 0.2) is 36.4 Å². The Morgan fingerprint density at radius 2 is 1.40 bits per heavy atom. The number of hydrogen-bond donors (Lipinski definition) is 0. The molecular formula is C19H25F3O2Si. The zero-order valence-electron chi connectivity index (χ0n) is 15.5. The zero-order valence-corrected chi connectivity index (χ0v) is 17.5. The second kappa shape index (κ2) is 9.17. The summed E-state index contributed by atoms with van der Waals surface area (Å²) in [6, 6.07) is 8.11. The van der Waals surface area contributed by atoms with E-state index in [2.05, 4.69) is 4.43 Å². The smallest absolute Gasteiger partial charge is 0.145 e. The maximum Gasteiger partial charge on any atom is 0.145 e. The van der Waals surface area contributed by atoms with Gasteiger partial charge in [0.05, 0.1) is 17.3 Å². The highest BCUT2D eigenvalue weighted by molar-refractivity contribution is 5.97. The van der Waals surface area contributed by atoms with Crippen molar-refractivity contribution in [1.29, 1.82) is 0 Å². The standard InChI is InChI=1S/C18H19F3O.CH6OSi/c1-11(2)22-18(3,4)13-7-5-12(6-8-13)17-15(20)9-14(19)10-16(17)21;1-2-3/h5-11H,1-4H3;1,3H3. The van der Waals surface area contributed by atoms with Gasteiger partial charge < -0.3 is 9.16 Å². The SMILES string of the molecule is CC(C)OC(C)(C)c1ccc(-c2c(F)cc(F)cc2F)cc1.CO[SiH3]. The monoisotopic (exact) mass is 370 g/mol. The molecule has 0 bridgehead atoms. The summed E-state index contributed by atoms with van der Waals surface area (Å²) in [6.07, 6.45) is 0.0571. The van der Waals surface area contributed by atoms with Crippen LogP contribution in [-0.2, 0) is 14.8 Å². The molecule has 0 heterocycles. The molecule has 0 N–H and O–H groups in total. The number of ether oxygens (including phenoxy) is 1. The molecule has 0 aliphatic heterocycles. The first-order chi connectivity index (χ1) is 11.6. The van der Waals surface area contributed by atoms with Crippen molar-refractivity contribution in [1.82, 2.24) is 0 Å². The van der Waals surface area contributed by atoms with Crippen LogP contribution in [0.1, 0.15) is 33.3 Å². The molecule has 0 spiro atoms. The molecule has 25 heavy (non-hydrogen) atoms. The summed E-state index contributed by atoms with van der Waals surface area (Å²) in [6.45, 7) is 7.75. The number of hydrogen-bond acceptors (Lipinski definition) is 2. The third-order valence-electron chi connectivity index (χ3n) is 3.41. The summed E-state index contributed by atoms with van der Waals surface area (Å²) < 4.78 is 50.8. The summed E-state index contributed by atoms with van der Waals surface area (Å²) >= 11 is 0. The van der Waals surface area contributed by atoms with Gasteiger partial charge in [-0.3, -0.25) is 0 Å². The summed E-state index contributed by atoms with van der Waals surface area (Å²) in [5, 5.41) is 0. The lowest BCUT2D eigenvalue weighted by Crippen LogP contribution is -2.25. The van der Waals surface area contributed by atoms with Crippen molar-refractivity contribution in [2.24, 2.45) is 0 Å². The fraction of sp³-hybridized carbons (Fsp3) is 0.368. The van der Waals surface area contributed by atoms with Gasteiger partial charge in [0.25, 0.3) is 0 Å². The Hall–Kier alpha value is -1.63. The molecule has 0 aliphatic carbocycles. The fourth-order valence-electron chi connectivity index (χ4n) is 2.51. The quantitative estimate of drug-likeness (QED) is 0.745. The van der Waals surface area contributed by atoms with E-state index in [1.165, 1.54) is 0 Å². The van der Waals surface area contributed by atoms with Gasteiger partial charge in [0.2, 0.25) is 0 Å². The highest BCUT2D eigenvalue weighted by atomic mass is 28.2. The second-order valence-electron chi connectivity index (χ2n) is 6.41. The molecule has 0 aromatic heterocycles. The Bertz CT molecular complexity index is 663. The third kappa shape index (κ3) is 5.99. The molecule has 6 heteroatoms. The first-order valence-electron chi connectivity index (χ1n) is 7.95. The molecule has 2 nitrogen and oxygen atoms in total. The molecule has 2 rings (SSSR count). The summed E-state index contributed by atoms with van der Waals surface area (Å²) in [4.78, 5) is 0. The first-order valence-corrected chi connectivity index (χ1v) is 8.77. The normalized spacial score (nSPS) is 11.4. The van der Waals surface area contributed by atoms with Gasteiger partial charge in [-0.25, -0.2) is 13.2 Å². The number of halogens is 3. The highest BCUT2D eigenvalue weighted by Crippen LogP contribution is 2.31. The van der Waals surface area contributed by atoms with E-state index >= 15 is 0 Å². The Balaban J connectivity index is 0.000000970. The van der Waals surface area contributed by atoms with Gasteiger partial charge in [0, 0.05) is 19.2 Å². The van der Waals surface area contributed by atoms with Crippen molar-refractivity contribution in [2.75, 3.05) is 7.11 Å². The summed E-state index contributed by atoms with van der Waals surface area (Å²) in [5.41, 5.74) is 0.523. The molecule has 0 radical (unpaired) electrons. The van der Waals surface area contributed by atoms with Crippen LogP contribution < -0.4 is 0 Å². The third-order valence-corrected chi connectivity index (χ3v) is 3.41. The van der Waals surface area contributed by atoms with Crippen LogP contribution >= 0.6 is 0 Å². The van der Waals surface area contributed by atoms with Gasteiger partial charge in [-0.2, -0.15) is 0 Å². The average molecular weight is 370 g/mol. The molecule has 2 aromatic rings. The Morgan fingerprint density at radius 1 is 0.960 bits per heavy atom. The fourth-order valence-corrected chi connectivity index (χ4v) is 2.51. The molecule has 138 valence electrons. The van der Waals surface area contributed by atoms with Gasteiger partial charge in [-0.05, 0) is 38.8 Å². The minimum absolute atomic E-state index is 0.0571. The summed E-state index contributed by atoms with van der Waals surface area (Å²) in [7, 11) is 2.56. The van der Waals surface area contributed by atoms with Crippen molar-refractivity contribution in [3.63, 3.8) is 0 Å². The lowest BCUT2D eigenvalue weighted by atomic mass is 9.94. The largest absolute Gasteiger partial charge is 0.431 e. The minimum Gasteiger partial charge on any atom is -0.431 e. The zero-order chi connectivity index (χ0) is 19.2. The number of rotatable bonds is 4. The summed E-state index contributed by atoms with van der Waals surface area (Å²) in [5.74, 6) is -2.76. The Kier molecular flexibility index (Phi) is 7.85.